The molecule has 0 saturated carbocycles. The maximum atomic E-state index is 11.9. The van der Waals surface area contributed by atoms with Crippen molar-refractivity contribution in [3.63, 3.8) is 0 Å². The predicted molar refractivity (Wildman–Crippen MR) is 88.7 cm³/mol. The number of rotatable bonds is 6. The van der Waals surface area contributed by atoms with Gasteiger partial charge in [0.05, 0.1) is 6.54 Å². The average Bonchev–Trinajstić information content (AvgIpc) is 3.01. The quantitative estimate of drug-likeness (QED) is 0.850. The second kappa shape index (κ2) is 7.04. The highest BCUT2D eigenvalue weighted by Crippen LogP contribution is 2.17. The lowest BCUT2D eigenvalue weighted by molar-refractivity contribution is -0.115. The predicted octanol–water partition coefficient (Wildman–Crippen LogP) is 2.79. The summed E-state index contributed by atoms with van der Waals surface area (Å²) in [4.78, 5) is 11.8. The third-order valence-electron chi connectivity index (χ3n) is 3.04. The second-order valence-corrected chi connectivity index (χ2v) is 8.02. The zero-order valence-electron chi connectivity index (χ0n) is 12.4. The molecule has 2 rings (SSSR count). The van der Waals surface area contributed by atoms with Crippen LogP contribution in [0.4, 0.5) is 5.69 Å². The van der Waals surface area contributed by atoms with E-state index in [1.807, 2.05) is 12.1 Å². The van der Waals surface area contributed by atoms with Crippen LogP contribution in [0.2, 0.25) is 0 Å². The summed E-state index contributed by atoms with van der Waals surface area (Å²) in [5.41, 5.74) is 1.82. The Balaban J connectivity index is 1.91. The van der Waals surface area contributed by atoms with Crippen molar-refractivity contribution in [1.82, 2.24) is 4.72 Å². The zero-order chi connectivity index (χ0) is 16.2. The molecule has 0 fully saturated rings. The van der Waals surface area contributed by atoms with Crippen molar-refractivity contribution in [3.8, 4) is 0 Å². The Morgan fingerprint density at radius 3 is 2.41 bits per heavy atom. The summed E-state index contributed by atoms with van der Waals surface area (Å²) in [6.07, 6.45) is 0. The highest BCUT2D eigenvalue weighted by Gasteiger charge is 2.16. The molecule has 2 aromatic rings. The Morgan fingerprint density at radius 1 is 1.18 bits per heavy atom. The van der Waals surface area contributed by atoms with E-state index in [4.69, 9.17) is 0 Å². The molecule has 5 nitrogen and oxygen atoms in total. The van der Waals surface area contributed by atoms with Crippen molar-refractivity contribution in [2.24, 2.45) is 0 Å². The summed E-state index contributed by atoms with van der Waals surface area (Å²) in [6.45, 7) is 3.88. The minimum atomic E-state index is -3.61. The van der Waals surface area contributed by atoms with Crippen LogP contribution in [-0.4, -0.2) is 20.9 Å². The van der Waals surface area contributed by atoms with Gasteiger partial charge in [-0.15, -0.1) is 11.3 Å². The lowest BCUT2D eigenvalue weighted by Crippen LogP contribution is -2.32. The maximum absolute atomic E-state index is 11.9. The van der Waals surface area contributed by atoms with Crippen LogP contribution in [0, 0.1) is 0 Å². The lowest BCUT2D eigenvalue weighted by Gasteiger charge is -2.09. The molecule has 1 aromatic carbocycles. The molecule has 22 heavy (non-hydrogen) atoms. The van der Waals surface area contributed by atoms with E-state index in [2.05, 4.69) is 23.9 Å². The van der Waals surface area contributed by atoms with Crippen molar-refractivity contribution in [2.45, 2.75) is 24.0 Å². The first kappa shape index (κ1) is 16.7. The minimum absolute atomic E-state index is 0.196. The molecular weight excluding hydrogens is 320 g/mol. The van der Waals surface area contributed by atoms with Crippen molar-refractivity contribution < 1.29 is 13.2 Å². The van der Waals surface area contributed by atoms with Gasteiger partial charge in [0.1, 0.15) is 4.21 Å². The number of nitrogens with one attached hydrogen (secondary N) is 2. The highest BCUT2D eigenvalue weighted by atomic mass is 32.2. The van der Waals surface area contributed by atoms with Gasteiger partial charge in [-0.2, -0.15) is 0 Å². The Kier molecular flexibility index (Phi) is 5.33. The Morgan fingerprint density at radius 2 is 1.86 bits per heavy atom. The van der Waals surface area contributed by atoms with Crippen LogP contribution in [0.15, 0.2) is 46.0 Å². The van der Waals surface area contributed by atoms with E-state index in [-0.39, 0.29) is 10.8 Å². The molecule has 7 heteroatoms. The number of hydrogen-bond acceptors (Lipinski definition) is 4. The van der Waals surface area contributed by atoms with E-state index < -0.39 is 15.9 Å². The molecular formula is C15H18N2O3S2. The van der Waals surface area contributed by atoms with Gasteiger partial charge in [0.25, 0.3) is 10.0 Å². The average molecular weight is 338 g/mol. The Hall–Kier alpha value is -1.70. The third kappa shape index (κ3) is 4.40. The molecule has 1 amide bonds. The van der Waals surface area contributed by atoms with Gasteiger partial charge in [0, 0.05) is 5.69 Å². The van der Waals surface area contributed by atoms with Gasteiger partial charge in [-0.1, -0.05) is 32.0 Å². The summed E-state index contributed by atoms with van der Waals surface area (Å²) < 4.78 is 26.3. The van der Waals surface area contributed by atoms with E-state index in [1.165, 1.54) is 11.6 Å². The summed E-state index contributed by atoms with van der Waals surface area (Å²) in [7, 11) is -3.61. The van der Waals surface area contributed by atoms with Gasteiger partial charge >= 0.3 is 0 Å². The zero-order valence-corrected chi connectivity index (χ0v) is 14.0. The van der Waals surface area contributed by atoms with Crippen molar-refractivity contribution in [1.29, 1.82) is 0 Å². The molecule has 0 spiro atoms. The number of benzene rings is 1. The Labute approximate surface area is 134 Å². The van der Waals surface area contributed by atoms with Gasteiger partial charge in [0.2, 0.25) is 5.91 Å². The number of carbonyl (C=O) groups is 1. The molecule has 1 heterocycles. The fourth-order valence-corrected chi connectivity index (χ4v) is 3.82. The largest absolute Gasteiger partial charge is 0.325 e. The summed E-state index contributed by atoms with van der Waals surface area (Å²) in [6, 6.07) is 10.6. The summed E-state index contributed by atoms with van der Waals surface area (Å²) >= 11 is 1.11. The molecule has 0 bridgehead atoms. The van der Waals surface area contributed by atoms with E-state index in [0.29, 0.717) is 11.6 Å². The first-order valence-electron chi connectivity index (χ1n) is 6.81. The van der Waals surface area contributed by atoms with Crippen molar-refractivity contribution in [2.75, 3.05) is 11.9 Å². The Bertz CT molecular complexity index is 721. The number of carbonyl (C=O) groups excluding carboxylic acids is 1. The summed E-state index contributed by atoms with van der Waals surface area (Å²) in [5.74, 6) is 0.0137. The van der Waals surface area contributed by atoms with Crippen LogP contribution in [0.25, 0.3) is 0 Å². The monoisotopic (exact) mass is 338 g/mol. The maximum Gasteiger partial charge on any atom is 0.250 e. The molecule has 118 valence electrons. The minimum Gasteiger partial charge on any atom is -0.325 e. The van der Waals surface area contributed by atoms with Gasteiger partial charge in [-0.05, 0) is 35.1 Å². The van der Waals surface area contributed by atoms with E-state index in [1.54, 1.807) is 23.6 Å². The van der Waals surface area contributed by atoms with E-state index >= 15 is 0 Å². The van der Waals surface area contributed by atoms with E-state index in [0.717, 1.165) is 11.3 Å². The van der Waals surface area contributed by atoms with Crippen LogP contribution in [0.1, 0.15) is 25.3 Å². The number of sulfonamides is 1. The third-order valence-corrected chi connectivity index (χ3v) is 5.84. The lowest BCUT2D eigenvalue weighted by atomic mass is 10.0. The molecule has 0 aliphatic carbocycles. The van der Waals surface area contributed by atoms with Crippen molar-refractivity contribution in [3.05, 3.63) is 47.3 Å². The first-order valence-corrected chi connectivity index (χ1v) is 9.18. The molecule has 1 aromatic heterocycles. The van der Waals surface area contributed by atoms with Crippen molar-refractivity contribution >= 4 is 33.0 Å². The molecule has 0 atom stereocenters. The van der Waals surface area contributed by atoms with Gasteiger partial charge < -0.3 is 5.32 Å². The molecule has 0 aliphatic heterocycles. The normalized spacial score (nSPS) is 11.6. The van der Waals surface area contributed by atoms with E-state index in [9.17, 15) is 13.2 Å². The standard InChI is InChI=1S/C15H18N2O3S2/c1-11(2)12-5-7-13(8-6-12)17-14(18)10-16-22(19,20)15-4-3-9-21-15/h3-9,11,16H,10H2,1-2H3,(H,17,18). The second-order valence-electron chi connectivity index (χ2n) is 5.08. The topological polar surface area (TPSA) is 75.3 Å². The van der Waals surface area contributed by atoms with Gasteiger partial charge in [0.15, 0.2) is 0 Å². The van der Waals surface area contributed by atoms with Crippen LogP contribution in [0.3, 0.4) is 0 Å². The van der Waals surface area contributed by atoms with Crippen LogP contribution < -0.4 is 10.0 Å². The fourth-order valence-electron chi connectivity index (χ4n) is 1.80. The molecule has 0 radical (unpaired) electrons. The highest BCUT2D eigenvalue weighted by molar-refractivity contribution is 7.91. The molecule has 0 saturated heterocycles. The van der Waals surface area contributed by atoms with Gasteiger partial charge in [-0.25, -0.2) is 13.1 Å². The number of anilines is 1. The smallest absolute Gasteiger partial charge is 0.250 e. The number of amides is 1. The summed E-state index contributed by atoms with van der Waals surface area (Å²) in [5, 5.41) is 4.33. The van der Waals surface area contributed by atoms with Crippen LogP contribution in [-0.2, 0) is 14.8 Å². The van der Waals surface area contributed by atoms with Crippen LogP contribution >= 0.6 is 11.3 Å². The molecule has 0 unspecified atom stereocenters. The number of thiophene rings is 1. The fraction of sp³-hybridized carbons (Fsp3) is 0.267. The SMILES string of the molecule is CC(C)c1ccc(NC(=O)CNS(=O)(=O)c2cccs2)cc1. The molecule has 2 N–H and O–H groups in total. The number of hydrogen-bond donors (Lipinski definition) is 2. The van der Waals surface area contributed by atoms with Crippen LogP contribution in [0.5, 0.6) is 0 Å². The van der Waals surface area contributed by atoms with Gasteiger partial charge in [-0.3, -0.25) is 4.79 Å². The first-order chi connectivity index (χ1) is 10.4. The molecule has 0 aliphatic rings.